The minimum absolute atomic E-state index is 0.0357. The summed E-state index contributed by atoms with van der Waals surface area (Å²) in [6.45, 7) is 8.52. The molecule has 4 nitrogen and oxygen atoms in total. The highest BCUT2D eigenvalue weighted by Gasteiger charge is 2.05. The molecule has 2 aromatic carbocycles. The predicted molar refractivity (Wildman–Crippen MR) is 125 cm³/mol. The molecular formula is C27H30N2O2. The third-order valence-corrected chi connectivity index (χ3v) is 4.47. The SMILES string of the molecule is CN(C/C=C/C#CC(C)(C)C)Cc1cccc(OCc2cccc(-c3cnco3)c2)c1. The molecular weight excluding hydrogens is 384 g/mol. The molecule has 3 rings (SSSR count). The molecule has 0 bridgehead atoms. The van der Waals surface area contributed by atoms with E-state index in [0.717, 1.165) is 35.7 Å². The molecule has 0 spiro atoms. The highest BCUT2D eigenvalue weighted by molar-refractivity contribution is 5.57. The van der Waals surface area contributed by atoms with Gasteiger partial charge in [0.2, 0.25) is 0 Å². The number of allylic oxidation sites excluding steroid dienone is 1. The minimum atomic E-state index is 0.0357. The van der Waals surface area contributed by atoms with Crippen LogP contribution in [0.2, 0.25) is 0 Å². The Kier molecular flexibility index (Phi) is 7.70. The highest BCUT2D eigenvalue weighted by Crippen LogP contribution is 2.21. The van der Waals surface area contributed by atoms with Gasteiger partial charge in [-0.15, -0.1) is 0 Å². The van der Waals surface area contributed by atoms with Crippen LogP contribution in [0.3, 0.4) is 0 Å². The van der Waals surface area contributed by atoms with E-state index in [-0.39, 0.29) is 5.41 Å². The van der Waals surface area contributed by atoms with Crippen molar-refractivity contribution in [3.05, 3.63) is 84.4 Å². The number of ether oxygens (including phenoxy) is 1. The zero-order valence-corrected chi connectivity index (χ0v) is 18.8. The largest absolute Gasteiger partial charge is 0.489 e. The van der Waals surface area contributed by atoms with E-state index in [0.29, 0.717) is 6.61 Å². The van der Waals surface area contributed by atoms with Crippen LogP contribution in [0.15, 0.2) is 77.7 Å². The Morgan fingerprint density at radius 3 is 2.68 bits per heavy atom. The van der Waals surface area contributed by atoms with Crippen LogP contribution < -0.4 is 4.74 Å². The van der Waals surface area contributed by atoms with Crippen LogP contribution in [0, 0.1) is 17.3 Å². The van der Waals surface area contributed by atoms with Gasteiger partial charge in [-0.2, -0.15) is 0 Å². The Bertz CT molecular complexity index is 1050. The van der Waals surface area contributed by atoms with Crippen molar-refractivity contribution in [3.8, 4) is 28.9 Å². The summed E-state index contributed by atoms with van der Waals surface area (Å²) in [6.07, 6.45) is 7.19. The average Bonchev–Trinajstić information content (AvgIpc) is 3.27. The maximum atomic E-state index is 6.03. The van der Waals surface area contributed by atoms with E-state index in [1.54, 1.807) is 6.20 Å². The Labute approximate surface area is 185 Å². The molecule has 0 aliphatic rings. The van der Waals surface area contributed by atoms with Crippen LogP contribution >= 0.6 is 0 Å². The maximum absolute atomic E-state index is 6.03. The van der Waals surface area contributed by atoms with Gasteiger partial charge in [-0.05, 0) is 63.2 Å². The smallest absolute Gasteiger partial charge is 0.181 e. The molecule has 0 atom stereocenters. The van der Waals surface area contributed by atoms with Gasteiger partial charge in [0.05, 0.1) is 6.20 Å². The molecule has 3 aromatic rings. The fourth-order valence-corrected chi connectivity index (χ4v) is 3.00. The second kappa shape index (κ2) is 10.7. The summed E-state index contributed by atoms with van der Waals surface area (Å²) in [5.74, 6) is 7.94. The summed E-state index contributed by atoms with van der Waals surface area (Å²) in [4.78, 5) is 6.22. The first-order chi connectivity index (χ1) is 14.9. The van der Waals surface area contributed by atoms with Crippen molar-refractivity contribution in [3.63, 3.8) is 0 Å². The van der Waals surface area contributed by atoms with Crippen LogP contribution in [0.25, 0.3) is 11.3 Å². The molecule has 0 saturated carbocycles. The van der Waals surface area contributed by atoms with Crippen LogP contribution in [-0.2, 0) is 13.2 Å². The van der Waals surface area contributed by atoms with Gasteiger partial charge in [0.1, 0.15) is 12.4 Å². The number of hydrogen-bond acceptors (Lipinski definition) is 4. The van der Waals surface area contributed by atoms with Gasteiger partial charge < -0.3 is 9.15 Å². The fourth-order valence-electron chi connectivity index (χ4n) is 3.00. The van der Waals surface area contributed by atoms with Gasteiger partial charge >= 0.3 is 0 Å². The van der Waals surface area contributed by atoms with Gasteiger partial charge in [-0.3, -0.25) is 4.90 Å². The quantitative estimate of drug-likeness (QED) is 0.427. The number of likely N-dealkylation sites (N-methyl/N-ethyl adjacent to an activating group) is 1. The molecule has 4 heteroatoms. The molecule has 0 unspecified atom stereocenters. The first kappa shape index (κ1) is 22.4. The fraction of sp³-hybridized carbons (Fsp3) is 0.296. The molecule has 0 N–H and O–H groups in total. The van der Waals surface area contributed by atoms with Crippen molar-refractivity contribution in [1.82, 2.24) is 9.88 Å². The maximum Gasteiger partial charge on any atom is 0.181 e. The monoisotopic (exact) mass is 414 g/mol. The average molecular weight is 415 g/mol. The molecule has 0 aliphatic heterocycles. The van der Waals surface area contributed by atoms with Crippen molar-refractivity contribution in [2.75, 3.05) is 13.6 Å². The topological polar surface area (TPSA) is 38.5 Å². The van der Waals surface area contributed by atoms with E-state index >= 15 is 0 Å². The first-order valence-corrected chi connectivity index (χ1v) is 10.4. The van der Waals surface area contributed by atoms with Crippen molar-refractivity contribution < 1.29 is 9.15 Å². The number of nitrogens with zero attached hydrogens (tertiary/aromatic N) is 2. The Balaban J connectivity index is 1.53. The lowest BCUT2D eigenvalue weighted by atomic mass is 9.98. The predicted octanol–water partition coefficient (Wildman–Crippen LogP) is 5.96. The van der Waals surface area contributed by atoms with E-state index in [4.69, 9.17) is 9.15 Å². The number of oxazole rings is 1. The number of rotatable bonds is 8. The van der Waals surface area contributed by atoms with Crippen LogP contribution in [0.1, 0.15) is 31.9 Å². The summed E-state index contributed by atoms with van der Waals surface area (Å²) in [7, 11) is 2.10. The molecule has 0 aliphatic carbocycles. The summed E-state index contributed by atoms with van der Waals surface area (Å²) in [5, 5.41) is 0. The standard InChI is InChI=1S/C27H30N2O2/c1-27(2,3)14-6-5-7-15-29(4)19-22-10-9-13-25(17-22)30-20-23-11-8-12-24(16-23)26-18-28-21-31-26/h5,7-13,16-18,21H,15,19-20H2,1-4H3/b7-5+. The Morgan fingerprint density at radius 2 is 1.90 bits per heavy atom. The van der Waals surface area contributed by atoms with E-state index < -0.39 is 0 Å². The molecule has 1 heterocycles. The molecule has 160 valence electrons. The number of aromatic nitrogens is 1. The van der Waals surface area contributed by atoms with E-state index in [1.807, 2.05) is 36.4 Å². The van der Waals surface area contributed by atoms with Crippen LogP contribution in [0.4, 0.5) is 0 Å². The Hall–Kier alpha value is -3.29. The molecule has 0 amide bonds. The van der Waals surface area contributed by atoms with Gasteiger partial charge in [0, 0.05) is 24.1 Å². The lowest BCUT2D eigenvalue weighted by molar-refractivity contribution is 0.304. The van der Waals surface area contributed by atoms with Gasteiger partial charge in [-0.25, -0.2) is 4.98 Å². The Morgan fingerprint density at radius 1 is 1.10 bits per heavy atom. The lowest BCUT2D eigenvalue weighted by Gasteiger charge is -2.15. The van der Waals surface area contributed by atoms with E-state index in [1.165, 1.54) is 12.0 Å². The molecule has 0 saturated heterocycles. The van der Waals surface area contributed by atoms with Crippen molar-refractivity contribution in [2.24, 2.45) is 5.41 Å². The third kappa shape index (κ3) is 7.81. The van der Waals surface area contributed by atoms with E-state index in [9.17, 15) is 0 Å². The summed E-state index contributed by atoms with van der Waals surface area (Å²) in [6, 6.07) is 16.4. The first-order valence-electron chi connectivity index (χ1n) is 10.4. The third-order valence-electron chi connectivity index (χ3n) is 4.47. The summed E-state index contributed by atoms with van der Waals surface area (Å²) < 4.78 is 11.4. The summed E-state index contributed by atoms with van der Waals surface area (Å²) >= 11 is 0. The normalized spacial score (nSPS) is 11.5. The highest BCUT2D eigenvalue weighted by atomic mass is 16.5. The lowest BCUT2D eigenvalue weighted by Crippen LogP contribution is -2.17. The zero-order chi connectivity index (χ0) is 22.1. The van der Waals surface area contributed by atoms with E-state index in [2.05, 4.69) is 73.8 Å². The number of benzene rings is 2. The molecule has 31 heavy (non-hydrogen) atoms. The second-order valence-corrected chi connectivity index (χ2v) is 8.62. The summed E-state index contributed by atoms with van der Waals surface area (Å²) in [5.41, 5.74) is 3.32. The molecule has 0 fully saturated rings. The number of hydrogen-bond donors (Lipinski definition) is 0. The van der Waals surface area contributed by atoms with Crippen molar-refractivity contribution in [2.45, 2.75) is 33.9 Å². The van der Waals surface area contributed by atoms with Crippen LogP contribution in [-0.4, -0.2) is 23.5 Å². The zero-order valence-electron chi connectivity index (χ0n) is 18.8. The van der Waals surface area contributed by atoms with Gasteiger partial charge in [0.15, 0.2) is 12.2 Å². The molecule has 0 radical (unpaired) electrons. The molecule has 1 aromatic heterocycles. The van der Waals surface area contributed by atoms with Gasteiger partial charge in [-0.1, -0.05) is 48.2 Å². The van der Waals surface area contributed by atoms with Gasteiger partial charge in [0.25, 0.3) is 0 Å². The van der Waals surface area contributed by atoms with Crippen molar-refractivity contribution >= 4 is 0 Å². The second-order valence-electron chi connectivity index (χ2n) is 8.62. The van der Waals surface area contributed by atoms with Crippen LogP contribution in [0.5, 0.6) is 5.75 Å². The minimum Gasteiger partial charge on any atom is -0.489 e. The van der Waals surface area contributed by atoms with Crippen molar-refractivity contribution in [1.29, 1.82) is 0 Å².